The summed E-state index contributed by atoms with van der Waals surface area (Å²) in [5.74, 6) is -0.00222. The maximum absolute atomic E-state index is 10.7. The van der Waals surface area contributed by atoms with Crippen LogP contribution in [-0.2, 0) is 11.2 Å². The van der Waals surface area contributed by atoms with Crippen molar-refractivity contribution < 1.29 is 4.79 Å². The van der Waals surface area contributed by atoms with Gasteiger partial charge >= 0.3 is 0 Å². The van der Waals surface area contributed by atoms with Crippen LogP contribution >= 0.6 is 11.6 Å². The van der Waals surface area contributed by atoms with Gasteiger partial charge in [0.1, 0.15) is 0 Å². The molecule has 0 saturated carbocycles. The number of hydrogen-bond acceptors (Lipinski definition) is 4. The van der Waals surface area contributed by atoms with E-state index in [4.69, 9.17) is 11.6 Å². The predicted octanol–water partition coefficient (Wildman–Crippen LogP) is 2.18. The van der Waals surface area contributed by atoms with Crippen molar-refractivity contribution in [2.24, 2.45) is 15.2 Å². The lowest BCUT2D eigenvalue weighted by Crippen LogP contribution is -2.05. The van der Waals surface area contributed by atoms with E-state index in [1.165, 1.54) is 0 Å². The molecule has 1 aliphatic rings. The summed E-state index contributed by atoms with van der Waals surface area (Å²) in [6.07, 6.45) is 0.322. The number of nitrogens with zero attached hydrogens (tertiary/aromatic N) is 3. The zero-order valence-corrected chi connectivity index (χ0v) is 8.55. The maximum atomic E-state index is 10.7. The Labute approximate surface area is 91.7 Å². The molecule has 1 aromatic carbocycles. The molecule has 15 heavy (non-hydrogen) atoms. The molecular formula is C10H8ClN3O. The van der Waals surface area contributed by atoms with E-state index in [2.05, 4.69) is 15.2 Å². The van der Waals surface area contributed by atoms with Crippen LogP contribution in [0.1, 0.15) is 5.56 Å². The molecule has 0 aromatic heterocycles. The van der Waals surface area contributed by atoms with Gasteiger partial charge in [-0.05, 0) is 17.2 Å². The molecular weight excluding hydrogens is 214 g/mol. The van der Waals surface area contributed by atoms with Crippen LogP contribution in [0.5, 0.6) is 0 Å². The molecule has 0 radical (unpaired) electrons. The predicted molar refractivity (Wildman–Crippen MR) is 57.1 cm³/mol. The second kappa shape index (κ2) is 4.31. The Morgan fingerprint density at radius 2 is 2.07 bits per heavy atom. The van der Waals surface area contributed by atoms with E-state index in [0.717, 1.165) is 5.56 Å². The number of benzene rings is 1. The zero-order chi connectivity index (χ0) is 10.7. The highest BCUT2D eigenvalue weighted by molar-refractivity contribution is 6.81. The Kier molecular flexibility index (Phi) is 2.87. The van der Waals surface area contributed by atoms with Gasteiger partial charge in [-0.1, -0.05) is 30.3 Å². The average molecular weight is 222 g/mol. The first-order valence-corrected chi connectivity index (χ1v) is 4.86. The van der Waals surface area contributed by atoms with Crippen LogP contribution in [0, 0.1) is 0 Å². The lowest BCUT2D eigenvalue weighted by atomic mass is 10.1. The SMILES string of the molecule is O=C(Cl)C1=NC(Cc2ccccc2)N=N1. The van der Waals surface area contributed by atoms with E-state index >= 15 is 0 Å². The molecule has 2 rings (SSSR count). The van der Waals surface area contributed by atoms with Gasteiger partial charge in [0.2, 0.25) is 5.84 Å². The van der Waals surface area contributed by atoms with Crippen molar-refractivity contribution in [2.45, 2.75) is 12.6 Å². The summed E-state index contributed by atoms with van der Waals surface area (Å²) >= 11 is 5.23. The van der Waals surface area contributed by atoms with Gasteiger partial charge in [0.05, 0.1) is 0 Å². The van der Waals surface area contributed by atoms with Gasteiger partial charge in [-0.15, -0.1) is 5.11 Å². The molecule has 0 aliphatic carbocycles. The summed E-state index contributed by atoms with van der Waals surface area (Å²) in [4.78, 5) is 14.7. The second-order valence-corrected chi connectivity index (χ2v) is 3.46. The molecule has 4 nitrogen and oxygen atoms in total. The van der Waals surface area contributed by atoms with Crippen LogP contribution in [0.15, 0.2) is 45.6 Å². The molecule has 5 heteroatoms. The van der Waals surface area contributed by atoms with Crippen LogP contribution in [0.25, 0.3) is 0 Å². The average Bonchev–Trinajstić information content (AvgIpc) is 2.68. The Bertz CT molecular complexity index is 428. The zero-order valence-electron chi connectivity index (χ0n) is 7.80. The van der Waals surface area contributed by atoms with Gasteiger partial charge in [-0.2, -0.15) is 5.11 Å². The van der Waals surface area contributed by atoms with Crippen molar-refractivity contribution in [3.8, 4) is 0 Å². The molecule has 0 amide bonds. The van der Waals surface area contributed by atoms with Crippen molar-refractivity contribution in [1.29, 1.82) is 0 Å². The van der Waals surface area contributed by atoms with E-state index in [1.807, 2.05) is 30.3 Å². The van der Waals surface area contributed by atoms with Gasteiger partial charge in [-0.3, -0.25) is 4.79 Å². The fraction of sp³-hybridized carbons (Fsp3) is 0.200. The molecule has 1 aromatic rings. The summed E-state index contributed by atoms with van der Waals surface area (Å²) in [5.41, 5.74) is 1.11. The second-order valence-electron chi connectivity index (χ2n) is 3.11. The van der Waals surface area contributed by atoms with Crippen LogP contribution in [0.2, 0.25) is 0 Å². The van der Waals surface area contributed by atoms with Gasteiger partial charge in [-0.25, -0.2) is 4.99 Å². The molecule has 0 bridgehead atoms. The molecule has 76 valence electrons. The minimum Gasteiger partial charge on any atom is -0.272 e. The van der Waals surface area contributed by atoms with E-state index in [9.17, 15) is 4.79 Å². The first-order chi connectivity index (χ1) is 7.25. The highest BCUT2D eigenvalue weighted by Crippen LogP contribution is 2.13. The van der Waals surface area contributed by atoms with E-state index in [0.29, 0.717) is 6.42 Å². The molecule has 1 atom stereocenters. The van der Waals surface area contributed by atoms with Crippen molar-refractivity contribution in [3.63, 3.8) is 0 Å². The molecule has 0 N–H and O–H groups in total. The number of aliphatic imine (C=N–C) groups is 1. The largest absolute Gasteiger partial charge is 0.291 e. The summed E-state index contributed by atoms with van der Waals surface area (Å²) in [6, 6.07) is 9.78. The van der Waals surface area contributed by atoms with E-state index in [-0.39, 0.29) is 12.0 Å². The third kappa shape index (κ3) is 2.47. The van der Waals surface area contributed by atoms with Crippen molar-refractivity contribution in [2.75, 3.05) is 0 Å². The van der Waals surface area contributed by atoms with Crippen LogP contribution in [-0.4, -0.2) is 17.2 Å². The van der Waals surface area contributed by atoms with Gasteiger partial charge in [0.25, 0.3) is 5.24 Å². The number of carbonyl (C=O) groups excluding carboxylic acids is 1. The maximum Gasteiger partial charge on any atom is 0.291 e. The van der Waals surface area contributed by atoms with Crippen LogP contribution in [0.3, 0.4) is 0 Å². The molecule has 0 spiro atoms. The quantitative estimate of drug-likeness (QED) is 0.722. The summed E-state index contributed by atoms with van der Waals surface area (Å²) in [5, 5.41) is 6.80. The van der Waals surface area contributed by atoms with Crippen molar-refractivity contribution in [1.82, 2.24) is 0 Å². The minimum atomic E-state index is -0.658. The third-order valence-electron chi connectivity index (χ3n) is 1.99. The monoisotopic (exact) mass is 221 g/mol. The van der Waals surface area contributed by atoms with Crippen LogP contribution in [0.4, 0.5) is 0 Å². The number of rotatable bonds is 3. The lowest BCUT2D eigenvalue weighted by Gasteiger charge is -2.01. The van der Waals surface area contributed by atoms with Crippen molar-refractivity contribution in [3.05, 3.63) is 35.9 Å². The van der Waals surface area contributed by atoms with Gasteiger partial charge in [0.15, 0.2) is 6.17 Å². The topological polar surface area (TPSA) is 54.1 Å². The number of amidine groups is 1. The number of halogens is 1. The molecule has 0 fully saturated rings. The number of azo groups is 1. The first-order valence-electron chi connectivity index (χ1n) is 4.48. The molecule has 1 aliphatic heterocycles. The molecule has 1 unspecified atom stereocenters. The highest BCUT2D eigenvalue weighted by Gasteiger charge is 2.18. The minimum absolute atomic E-state index is 0.00222. The van der Waals surface area contributed by atoms with Crippen LogP contribution < -0.4 is 0 Å². The molecule has 1 heterocycles. The lowest BCUT2D eigenvalue weighted by molar-refractivity contribution is -0.106. The number of hydrogen-bond donors (Lipinski definition) is 0. The smallest absolute Gasteiger partial charge is 0.272 e. The highest BCUT2D eigenvalue weighted by atomic mass is 35.5. The first kappa shape index (κ1) is 9.98. The van der Waals surface area contributed by atoms with E-state index in [1.54, 1.807) is 0 Å². The van der Waals surface area contributed by atoms with Gasteiger partial charge in [0, 0.05) is 6.42 Å². The standard InChI is InChI=1S/C10H8ClN3O/c11-9(15)10-12-8(13-14-10)6-7-4-2-1-3-5-7/h1-5,8H,6H2. The molecule has 0 saturated heterocycles. The Balaban J connectivity index is 2.05. The summed E-state index contributed by atoms with van der Waals surface area (Å²) in [6.45, 7) is 0. The van der Waals surface area contributed by atoms with E-state index < -0.39 is 5.24 Å². The summed E-state index contributed by atoms with van der Waals surface area (Å²) < 4.78 is 0. The number of carbonyl (C=O) groups is 1. The Morgan fingerprint density at radius 1 is 1.33 bits per heavy atom. The Hall–Kier alpha value is -1.55. The van der Waals surface area contributed by atoms with Crippen molar-refractivity contribution >= 4 is 22.7 Å². The Morgan fingerprint density at radius 3 is 2.67 bits per heavy atom. The fourth-order valence-corrected chi connectivity index (χ4v) is 1.40. The normalized spacial score (nSPS) is 19.0. The third-order valence-corrected chi connectivity index (χ3v) is 2.16. The summed E-state index contributed by atoms with van der Waals surface area (Å²) in [7, 11) is 0. The fourth-order valence-electron chi connectivity index (χ4n) is 1.32. The van der Waals surface area contributed by atoms with Gasteiger partial charge < -0.3 is 0 Å².